The van der Waals surface area contributed by atoms with E-state index in [1.54, 1.807) is 18.3 Å². The van der Waals surface area contributed by atoms with Crippen LogP contribution >= 0.6 is 0 Å². The molecule has 2 aromatic rings. The fourth-order valence-corrected chi connectivity index (χ4v) is 1.69. The van der Waals surface area contributed by atoms with Crippen molar-refractivity contribution in [1.29, 1.82) is 0 Å². The summed E-state index contributed by atoms with van der Waals surface area (Å²) in [6.07, 6.45) is 1.57. The molecule has 0 unspecified atom stereocenters. The molecule has 0 atom stereocenters. The first kappa shape index (κ1) is 11.6. The van der Waals surface area contributed by atoms with Gasteiger partial charge in [0, 0.05) is 23.5 Å². The maximum Gasteiger partial charge on any atom is 0.387 e. The predicted molar refractivity (Wildman–Crippen MR) is 62.5 cm³/mol. The average Bonchev–Trinajstić information content (AvgIpc) is 2.30. The van der Waals surface area contributed by atoms with Gasteiger partial charge in [0.25, 0.3) is 0 Å². The Hall–Kier alpha value is -1.91. The third-order valence-electron chi connectivity index (χ3n) is 2.33. The second-order valence-corrected chi connectivity index (χ2v) is 3.42. The molecular formula is C12H12F2N2O. The Morgan fingerprint density at radius 2 is 2.12 bits per heavy atom. The van der Waals surface area contributed by atoms with E-state index >= 15 is 0 Å². The third kappa shape index (κ3) is 2.43. The highest BCUT2D eigenvalue weighted by Gasteiger charge is 2.10. The Morgan fingerprint density at radius 3 is 2.82 bits per heavy atom. The summed E-state index contributed by atoms with van der Waals surface area (Å²) in [5.41, 5.74) is 0. The lowest BCUT2D eigenvalue weighted by Gasteiger charge is -2.10. The van der Waals surface area contributed by atoms with Crippen LogP contribution in [0.15, 0.2) is 30.5 Å². The minimum Gasteiger partial charge on any atom is -0.434 e. The quantitative estimate of drug-likeness (QED) is 0.887. The van der Waals surface area contributed by atoms with E-state index in [0.717, 1.165) is 5.39 Å². The van der Waals surface area contributed by atoms with Gasteiger partial charge in [-0.3, -0.25) is 0 Å². The molecule has 0 saturated carbocycles. The highest BCUT2D eigenvalue weighted by Crippen LogP contribution is 2.30. The van der Waals surface area contributed by atoms with Crippen LogP contribution in [0.2, 0.25) is 0 Å². The molecule has 0 aliphatic carbocycles. The van der Waals surface area contributed by atoms with E-state index in [1.807, 2.05) is 13.0 Å². The Bertz CT molecular complexity index is 517. The number of halogens is 2. The predicted octanol–water partition coefficient (Wildman–Crippen LogP) is 3.27. The van der Waals surface area contributed by atoms with Crippen LogP contribution in [0, 0.1) is 0 Å². The molecule has 5 heteroatoms. The summed E-state index contributed by atoms with van der Waals surface area (Å²) in [5.74, 6) is 0.837. The molecule has 1 N–H and O–H groups in total. The van der Waals surface area contributed by atoms with Crippen molar-refractivity contribution in [3.05, 3.63) is 30.5 Å². The van der Waals surface area contributed by atoms with Gasteiger partial charge >= 0.3 is 6.61 Å². The van der Waals surface area contributed by atoms with Crippen LogP contribution < -0.4 is 10.1 Å². The molecule has 0 amide bonds. The normalized spacial score (nSPS) is 10.8. The van der Waals surface area contributed by atoms with Crippen molar-refractivity contribution in [2.75, 3.05) is 11.9 Å². The molecular weight excluding hydrogens is 226 g/mol. The molecule has 17 heavy (non-hydrogen) atoms. The smallest absolute Gasteiger partial charge is 0.387 e. The molecule has 0 bridgehead atoms. The molecule has 1 aromatic carbocycles. The van der Waals surface area contributed by atoms with Crippen LogP contribution in [0.4, 0.5) is 14.6 Å². The van der Waals surface area contributed by atoms with E-state index in [0.29, 0.717) is 17.7 Å². The van der Waals surface area contributed by atoms with Crippen LogP contribution in [-0.2, 0) is 0 Å². The first-order valence-corrected chi connectivity index (χ1v) is 5.28. The minimum atomic E-state index is -2.82. The van der Waals surface area contributed by atoms with Crippen molar-refractivity contribution in [3.63, 3.8) is 0 Å². The van der Waals surface area contributed by atoms with Crippen LogP contribution in [-0.4, -0.2) is 18.1 Å². The standard InChI is InChI=1S/C12H12F2N2O/c1-2-15-11-9-4-3-5-10(17-12(13)14)8(9)6-7-16-11/h3-7,12H,2H2,1H3,(H,15,16). The fourth-order valence-electron chi connectivity index (χ4n) is 1.69. The molecule has 90 valence electrons. The summed E-state index contributed by atoms with van der Waals surface area (Å²) in [7, 11) is 0. The number of nitrogens with one attached hydrogen (secondary N) is 1. The Labute approximate surface area is 97.4 Å². The summed E-state index contributed by atoms with van der Waals surface area (Å²) < 4.78 is 29.0. The first-order valence-electron chi connectivity index (χ1n) is 5.28. The molecule has 0 saturated heterocycles. The number of aromatic nitrogens is 1. The number of hydrogen-bond donors (Lipinski definition) is 1. The Kier molecular flexibility index (Phi) is 3.37. The van der Waals surface area contributed by atoms with Gasteiger partial charge < -0.3 is 10.1 Å². The van der Waals surface area contributed by atoms with E-state index < -0.39 is 6.61 Å². The van der Waals surface area contributed by atoms with Crippen molar-refractivity contribution in [3.8, 4) is 5.75 Å². The van der Waals surface area contributed by atoms with E-state index in [1.165, 1.54) is 6.07 Å². The van der Waals surface area contributed by atoms with E-state index in [9.17, 15) is 8.78 Å². The van der Waals surface area contributed by atoms with Crippen molar-refractivity contribution in [1.82, 2.24) is 4.98 Å². The Balaban J connectivity index is 2.53. The number of nitrogens with zero attached hydrogens (tertiary/aromatic N) is 1. The molecule has 1 heterocycles. The molecule has 0 aliphatic heterocycles. The molecule has 1 aromatic heterocycles. The number of fused-ring (bicyclic) bond motifs is 1. The van der Waals surface area contributed by atoms with Crippen LogP contribution in [0.3, 0.4) is 0 Å². The number of hydrogen-bond acceptors (Lipinski definition) is 3. The van der Waals surface area contributed by atoms with Crippen molar-refractivity contribution in [2.24, 2.45) is 0 Å². The highest BCUT2D eigenvalue weighted by molar-refractivity contribution is 5.95. The zero-order valence-electron chi connectivity index (χ0n) is 9.28. The van der Waals surface area contributed by atoms with Crippen molar-refractivity contribution >= 4 is 16.6 Å². The first-order chi connectivity index (χ1) is 8.22. The SMILES string of the molecule is CCNc1nccc2c(OC(F)F)cccc12. The highest BCUT2D eigenvalue weighted by atomic mass is 19.3. The third-order valence-corrected chi connectivity index (χ3v) is 2.33. The van der Waals surface area contributed by atoms with Gasteiger partial charge in [0.2, 0.25) is 0 Å². The van der Waals surface area contributed by atoms with Crippen molar-refractivity contribution < 1.29 is 13.5 Å². The Morgan fingerprint density at radius 1 is 1.29 bits per heavy atom. The van der Waals surface area contributed by atoms with Gasteiger partial charge in [0.1, 0.15) is 11.6 Å². The lowest BCUT2D eigenvalue weighted by atomic mass is 10.1. The van der Waals surface area contributed by atoms with Crippen LogP contribution in [0.1, 0.15) is 6.92 Å². The summed E-state index contributed by atoms with van der Waals surface area (Å²) in [6, 6.07) is 6.67. The summed E-state index contributed by atoms with van der Waals surface area (Å²) >= 11 is 0. The monoisotopic (exact) mass is 238 g/mol. The maximum atomic E-state index is 12.2. The molecule has 0 aliphatic rings. The van der Waals surface area contributed by atoms with Gasteiger partial charge in [-0.15, -0.1) is 0 Å². The van der Waals surface area contributed by atoms with Gasteiger partial charge in [-0.25, -0.2) is 4.98 Å². The largest absolute Gasteiger partial charge is 0.434 e. The average molecular weight is 238 g/mol. The summed E-state index contributed by atoms with van der Waals surface area (Å²) in [5, 5.41) is 4.47. The van der Waals surface area contributed by atoms with Gasteiger partial charge in [-0.05, 0) is 19.1 Å². The van der Waals surface area contributed by atoms with Gasteiger partial charge in [0.05, 0.1) is 0 Å². The molecule has 0 spiro atoms. The number of rotatable bonds is 4. The second-order valence-electron chi connectivity index (χ2n) is 3.42. The fraction of sp³-hybridized carbons (Fsp3) is 0.250. The zero-order chi connectivity index (χ0) is 12.3. The lowest BCUT2D eigenvalue weighted by Crippen LogP contribution is -2.03. The molecule has 0 radical (unpaired) electrons. The second kappa shape index (κ2) is 4.95. The number of anilines is 1. The number of pyridine rings is 1. The number of alkyl halides is 2. The number of benzene rings is 1. The van der Waals surface area contributed by atoms with Crippen LogP contribution in [0.5, 0.6) is 5.75 Å². The van der Waals surface area contributed by atoms with Crippen LogP contribution in [0.25, 0.3) is 10.8 Å². The van der Waals surface area contributed by atoms with E-state index in [4.69, 9.17) is 0 Å². The van der Waals surface area contributed by atoms with Crippen molar-refractivity contribution in [2.45, 2.75) is 13.5 Å². The molecule has 3 nitrogen and oxygen atoms in total. The zero-order valence-corrected chi connectivity index (χ0v) is 9.28. The van der Waals surface area contributed by atoms with E-state index in [2.05, 4.69) is 15.0 Å². The molecule has 0 fully saturated rings. The summed E-state index contributed by atoms with van der Waals surface area (Å²) in [4.78, 5) is 4.16. The van der Waals surface area contributed by atoms with Gasteiger partial charge in [-0.2, -0.15) is 8.78 Å². The number of ether oxygens (including phenoxy) is 1. The van der Waals surface area contributed by atoms with Gasteiger partial charge in [0.15, 0.2) is 0 Å². The minimum absolute atomic E-state index is 0.166. The lowest BCUT2D eigenvalue weighted by molar-refractivity contribution is -0.0487. The van der Waals surface area contributed by atoms with E-state index in [-0.39, 0.29) is 5.75 Å². The topological polar surface area (TPSA) is 34.2 Å². The van der Waals surface area contributed by atoms with Gasteiger partial charge in [-0.1, -0.05) is 12.1 Å². The summed E-state index contributed by atoms with van der Waals surface area (Å²) in [6.45, 7) is -0.164. The maximum absolute atomic E-state index is 12.2. The molecule has 2 rings (SSSR count).